The highest BCUT2D eigenvalue weighted by atomic mass is 16.5. The van der Waals surface area contributed by atoms with Gasteiger partial charge in [0.15, 0.2) is 0 Å². The molecule has 0 heterocycles. The van der Waals surface area contributed by atoms with E-state index in [9.17, 15) is 4.79 Å². The highest BCUT2D eigenvalue weighted by Gasteiger charge is 2.59. The molecule has 1 aromatic rings. The van der Waals surface area contributed by atoms with Gasteiger partial charge in [-0.3, -0.25) is 4.79 Å². The van der Waals surface area contributed by atoms with Crippen molar-refractivity contribution in [1.29, 1.82) is 0 Å². The van der Waals surface area contributed by atoms with Crippen molar-refractivity contribution in [1.82, 2.24) is 0 Å². The van der Waals surface area contributed by atoms with Crippen molar-refractivity contribution in [2.75, 3.05) is 0 Å². The van der Waals surface area contributed by atoms with E-state index in [0.29, 0.717) is 17.3 Å². The third-order valence-electron chi connectivity index (χ3n) is 15.9. The highest BCUT2D eigenvalue weighted by Crippen LogP contribution is 2.67. The van der Waals surface area contributed by atoms with Gasteiger partial charge in [0.2, 0.25) is 0 Å². The van der Waals surface area contributed by atoms with Crippen LogP contribution in [0.3, 0.4) is 0 Å². The largest absolute Gasteiger partial charge is 0.462 e. The molecule has 0 bridgehead atoms. The lowest BCUT2D eigenvalue weighted by molar-refractivity contribution is -0.151. The van der Waals surface area contributed by atoms with Crippen molar-refractivity contribution in [2.45, 2.75) is 196 Å². The second-order valence-corrected chi connectivity index (χ2v) is 19.4. The molecule has 288 valence electrons. The Kier molecular flexibility index (Phi) is 15.2. The van der Waals surface area contributed by atoms with Gasteiger partial charge in [0, 0.05) is 12.8 Å². The van der Waals surface area contributed by atoms with Crippen LogP contribution in [0.15, 0.2) is 42.0 Å². The number of esters is 1. The zero-order valence-electron chi connectivity index (χ0n) is 34.5. The van der Waals surface area contributed by atoms with Crippen LogP contribution in [0.5, 0.6) is 0 Å². The summed E-state index contributed by atoms with van der Waals surface area (Å²) in [6.07, 6.45) is 30.4. The molecule has 10 atom stereocenters. The minimum atomic E-state index is 0.0584. The number of rotatable bonds is 20. The van der Waals surface area contributed by atoms with E-state index in [1.54, 1.807) is 5.57 Å². The lowest BCUT2D eigenvalue weighted by Crippen LogP contribution is -2.51. The number of hydrogen-bond donors (Lipinski definition) is 0. The highest BCUT2D eigenvalue weighted by molar-refractivity contribution is 5.69. The van der Waals surface area contributed by atoms with Gasteiger partial charge in [0.25, 0.3) is 0 Å². The van der Waals surface area contributed by atoms with E-state index in [-0.39, 0.29) is 12.1 Å². The van der Waals surface area contributed by atoms with Crippen LogP contribution in [-0.2, 0) is 16.0 Å². The molecule has 0 amide bonds. The number of hydrogen-bond acceptors (Lipinski definition) is 2. The van der Waals surface area contributed by atoms with Crippen LogP contribution in [0.25, 0.3) is 0 Å². The summed E-state index contributed by atoms with van der Waals surface area (Å²) in [5.74, 6) is 6.94. The van der Waals surface area contributed by atoms with Gasteiger partial charge in [0.05, 0.1) is 0 Å². The summed E-state index contributed by atoms with van der Waals surface area (Å²) < 4.78 is 6.21. The summed E-state index contributed by atoms with van der Waals surface area (Å²) in [5, 5.41) is 0. The molecule has 0 aromatic heterocycles. The van der Waals surface area contributed by atoms with Crippen LogP contribution in [0, 0.1) is 58.2 Å². The molecular weight excluding hydrogens is 621 g/mol. The molecule has 2 unspecified atom stereocenters. The Bertz CT molecular complexity index is 1220. The van der Waals surface area contributed by atoms with Gasteiger partial charge in [-0.15, -0.1) is 0 Å². The molecule has 0 N–H and O–H groups in total. The van der Waals surface area contributed by atoms with Gasteiger partial charge >= 0.3 is 5.97 Å². The van der Waals surface area contributed by atoms with Gasteiger partial charge in [-0.2, -0.15) is 0 Å². The maximum absolute atomic E-state index is 13.0. The van der Waals surface area contributed by atoms with Crippen molar-refractivity contribution < 1.29 is 9.53 Å². The number of ether oxygens (including phenoxy) is 1. The first-order chi connectivity index (χ1) is 24.6. The minimum Gasteiger partial charge on any atom is -0.462 e. The summed E-state index contributed by atoms with van der Waals surface area (Å²) in [7, 11) is 0. The first-order valence-electron chi connectivity index (χ1n) is 22.5. The molecule has 4 aliphatic rings. The standard InChI is InChI=1S/C49H80O2/c1-8-38(22-16-23-39(9-2)25-26-40-20-11-10-12-21-40)19-13-14-24-47(50)51-42-31-33-48(6)41(35-42)27-28-43-45-30-29-44(37(5)18-15-17-36(3)4)49(45,7)34-32-46(43)48/h10-12,20-21,27,36-39,42-46H,8-9,13-19,22-26,28-35H2,1-7H3/t37-,38?,39?,42+,43+,44-,45+,46+,48+,49-/m1/s1. The SMILES string of the molecule is CCC(CCCCC(=O)O[C@H]1CC[C@@]2(C)C(=CC[C@H]3[C@@H]4CC[C@H]([C@H](C)CCCC(C)C)[C@@]4(C)CC[C@@H]32)C1)CCCC(CC)CCc1ccccc1. The summed E-state index contributed by atoms with van der Waals surface area (Å²) in [6, 6.07) is 11.0. The molecule has 2 heteroatoms. The van der Waals surface area contributed by atoms with Crippen molar-refractivity contribution in [3.63, 3.8) is 0 Å². The second-order valence-electron chi connectivity index (χ2n) is 19.4. The Balaban J connectivity index is 1.01. The zero-order valence-corrected chi connectivity index (χ0v) is 34.5. The Morgan fingerprint density at radius 3 is 2.22 bits per heavy atom. The van der Waals surface area contributed by atoms with Crippen LogP contribution in [0.2, 0.25) is 0 Å². The minimum absolute atomic E-state index is 0.0584. The van der Waals surface area contributed by atoms with Crippen molar-refractivity contribution in [2.24, 2.45) is 58.2 Å². The van der Waals surface area contributed by atoms with Crippen molar-refractivity contribution in [3.05, 3.63) is 47.5 Å². The van der Waals surface area contributed by atoms with Crippen LogP contribution >= 0.6 is 0 Å². The summed E-state index contributed by atoms with van der Waals surface area (Å²) in [4.78, 5) is 13.0. The van der Waals surface area contributed by atoms with Gasteiger partial charge < -0.3 is 4.74 Å². The van der Waals surface area contributed by atoms with Crippen molar-refractivity contribution >= 4 is 5.97 Å². The van der Waals surface area contributed by atoms with E-state index in [2.05, 4.69) is 84.9 Å². The first kappa shape index (κ1) is 40.6. The summed E-state index contributed by atoms with van der Waals surface area (Å²) in [5.41, 5.74) is 3.99. The molecule has 0 aliphatic heterocycles. The second kappa shape index (κ2) is 19.1. The zero-order chi connectivity index (χ0) is 36.4. The molecular formula is C49H80O2. The normalized spacial score (nSPS) is 32.0. The number of unbranched alkanes of at least 4 members (excludes halogenated alkanes) is 1. The molecule has 51 heavy (non-hydrogen) atoms. The number of carbonyl (C=O) groups is 1. The average Bonchev–Trinajstić information content (AvgIpc) is 3.48. The van der Waals surface area contributed by atoms with E-state index in [4.69, 9.17) is 4.74 Å². The summed E-state index contributed by atoms with van der Waals surface area (Å²) >= 11 is 0. The molecule has 3 fully saturated rings. The van der Waals surface area contributed by atoms with E-state index in [1.165, 1.54) is 115 Å². The van der Waals surface area contributed by atoms with E-state index >= 15 is 0 Å². The lowest BCUT2D eigenvalue weighted by atomic mass is 9.47. The Morgan fingerprint density at radius 2 is 1.49 bits per heavy atom. The predicted octanol–water partition coefficient (Wildman–Crippen LogP) is 14.4. The summed E-state index contributed by atoms with van der Waals surface area (Å²) in [6.45, 7) is 17.4. The Labute approximate surface area is 316 Å². The van der Waals surface area contributed by atoms with E-state index in [0.717, 1.165) is 73.0 Å². The topological polar surface area (TPSA) is 26.3 Å². The van der Waals surface area contributed by atoms with E-state index < -0.39 is 0 Å². The maximum atomic E-state index is 13.0. The molecule has 0 spiro atoms. The fourth-order valence-corrected chi connectivity index (χ4v) is 12.5. The number of benzene rings is 1. The molecule has 3 saturated carbocycles. The molecule has 5 rings (SSSR count). The van der Waals surface area contributed by atoms with Gasteiger partial charge in [-0.25, -0.2) is 0 Å². The first-order valence-corrected chi connectivity index (χ1v) is 22.5. The fourth-order valence-electron chi connectivity index (χ4n) is 12.5. The third-order valence-corrected chi connectivity index (χ3v) is 15.9. The smallest absolute Gasteiger partial charge is 0.306 e. The number of carbonyl (C=O) groups excluding carboxylic acids is 1. The molecule has 0 saturated heterocycles. The van der Waals surface area contributed by atoms with Crippen molar-refractivity contribution in [3.8, 4) is 0 Å². The maximum Gasteiger partial charge on any atom is 0.306 e. The number of aryl methyl sites for hydroxylation is 1. The quantitative estimate of drug-likeness (QED) is 0.0769. The monoisotopic (exact) mass is 701 g/mol. The van der Waals surface area contributed by atoms with E-state index in [1.807, 2.05) is 0 Å². The molecule has 4 aliphatic carbocycles. The fraction of sp³-hybridized carbons (Fsp3) is 0.816. The predicted molar refractivity (Wildman–Crippen MR) is 218 cm³/mol. The van der Waals surface area contributed by atoms with Gasteiger partial charge in [-0.05, 0) is 128 Å². The van der Waals surface area contributed by atoms with Crippen LogP contribution < -0.4 is 0 Å². The third kappa shape index (κ3) is 10.4. The number of allylic oxidation sites excluding steroid dienone is 1. The Morgan fingerprint density at radius 1 is 0.784 bits per heavy atom. The van der Waals surface area contributed by atoms with Crippen LogP contribution in [-0.4, -0.2) is 12.1 Å². The van der Waals surface area contributed by atoms with Crippen LogP contribution in [0.1, 0.15) is 189 Å². The molecule has 0 radical (unpaired) electrons. The van der Waals surface area contributed by atoms with Crippen LogP contribution in [0.4, 0.5) is 0 Å². The lowest BCUT2D eigenvalue weighted by Gasteiger charge is -2.58. The molecule has 1 aromatic carbocycles. The molecule has 2 nitrogen and oxygen atoms in total. The van der Waals surface area contributed by atoms with Gasteiger partial charge in [0.1, 0.15) is 6.10 Å². The van der Waals surface area contributed by atoms with Gasteiger partial charge in [-0.1, -0.05) is 155 Å². The number of fused-ring (bicyclic) bond motifs is 5. The average molecular weight is 701 g/mol. The Hall–Kier alpha value is -1.57.